The van der Waals surface area contributed by atoms with Crippen molar-refractivity contribution in [2.45, 2.75) is 9.96 Å². The molecule has 0 saturated carbocycles. The molecule has 0 aliphatic heterocycles. The summed E-state index contributed by atoms with van der Waals surface area (Å²) in [5.74, 6) is -0.866. The number of alkyl halides is 4. The Morgan fingerprint density at radius 1 is 1.13 bits per heavy atom. The van der Waals surface area contributed by atoms with Crippen molar-refractivity contribution in [3.8, 4) is 0 Å². The van der Waals surface area contributed by atoms with Crippen LogP contribution in [0.3, 0.4) is 0 Å². The van der Waals surface area contributed by atoms with Crippen LogP contribution in [0.15, 0.2) is 12.1 Å². The van der Waals surface area contributed by atoms with E-state index in [9.17, 15) is 4.79 Å². The molecule has 0 unspecified atom stereocenters. The van der Waals surface area contributed by atoms with Crippen molar-refractivity contribution in [1.82, 2.24) is 10.6 Å². The molecule has 23 heavy (non-hydrogen) atoms. The second-order valence-corrected chi connectivity index (χ2v) is 8.31. The van der Waals surface area contributed by atoms with Crippen LogP contribution in [0.25, 0.3) is 0 Å². The molecule has 1 atom stereocenters. The van der Waals surface area contributed by atoms with Crippen LogP contribution < -0.4 is 16.0 Å². The number of amides is 1. The lowest BCUT2D eigenvalue weighted by Gasteiger charge is -2.27. The maximum absolute atomic E-state index is 11.4. The maximum atomic E-state index is 11.4. The lowest BCUT2D eigenvalue weighted by molar-refractivity contribution is -0.119. The number of rotatable bonds is 4. The Labute approximate surface area is 173 Å². The van der Waals surface area contributed by atoms with Gasteiger partial charge in [-0.05, 0) is 24.4 Å². The van der Waals surface area contributed by atoms with E-state index in [1.54, 1.807) is 0 Å². The van der Waals surface area contributed by atoms with Gasteiger partial charge in [0.2, 0.25) is 9.70 Å². The minimum Gasteiger partial charge on any atom is -0.339 e. The van der Waals surface area contributed by atoms with E-state index in [0.717, 1.165) is 0 Å². The molecule has 0 saturated heterocycles. The van der Waals surface area contributed by atoms with Gasteiger partial charge in [-0.15, -0.1) is 11.6 Å². The van der Waals surface area contributed by atoms with Crippen molar-refractivity contribution >= 4 is 110 Å². The number of benzene rings is 1. The molecule has 1 aromatic carbocycles. The van der Waals surface area contributed by atoms with Gasteiger partial charge in [0.1, 0.15) is 12.0 Å². The molecule has 0 aliphatic rings. The Morgan fingerprint density at radius 2 is 1.65 bits per heavy atom. The molecule has 1 amide bonds. The monoisotopic (exact) mass is 475 g/mol. The Bertz CT molecular complexity index is 585. The summed E-state index contributed by atoms with van der Waals surface area (Å²) >= 11 is 45.7. The first kappa shape index (κ1) is 21.5. The number of hydrogen-bond acceptors (Lipinski definition) is 2. The summed E-state index contributed by atoms with van der Waals surface area (Å²) in [7, 11) is 0. The van der Waals surface area contributed by atoms with Crippen LogP contribution in [-0.4, -0.2) is 26.9 Å². The first-order chi connectivity index (χ1) is 10.5. The topological polar surface area (TPSA) is 53.2 Å². The van der Waals surface area contributed by atoms with Crippen LogP contribution in [0.1, 0.15) is 0 Å². The van der Waals surface area contributed by atoms with E-state index in [1.165, 1.54) is 12.1 Å². The van der Waals surface area contributed by atoms with Gasteiger partial charge in [-0.1, -0.05) is 69.6 Å². The highest BCUT2D eigenvalue weighted by molar-refractivity contribution is 7.80. The normalized spacial score (nSPS) is 12.5. The molecule has 0 radical (unpaired) electrons. The number of carbonyl (C=O) groups is 1. The zero-order valence-corrected chi connectivity index (χ0v) is 17.0. The zero-order valence-electron chi connectivity index (χ0n) is 10.9. The molecule has 4 nitrogen and oxygen atoms in total. The van der Waals surface area contributed by atoms with Gasteiger partial charge in [-0.2, -0.15) is 0 Å². The Hall–Kier alpha value is 0.410. The number of halogens is 7. The van der Waals surface area contributed by atoms with Crippen LogP contribution in [0, 0.1) is 0 Å². The minimum atomic E-state index is -1.89. The average Bonchev–Trinajstić information content (AvgIpc) is 2.40. The standard InChI is InChI=1S/C11H8Cl7N3OS/c12-3-7(22)19-9(11(16,17)18)21-10(23)20-8-5(14)1-4(13)2-6(8)15/h1-2,9H,3H2,(H,19,22)(H2,20,21,23)/t9-/m1/s1. The summed E-state index contributed by atoms with van der Waals surface area (Å²) in [6.45, 7) is 0. The Balaban J connectivity index is 2.86. The molecule has 0 aromatic heterocycles. The number of hydrogen-bond donors (Lipinski definition) is 3. The van der Waals surface area contributed by atoms with E-state index >= 15 is 0 Å². The molecule has 3 N–H and O–H groups in total. The number of thiocarbonyl (C=S) groups is 1. The van der Waals surface area contributed by atoms with Gasteiger partial charge in [0.05, 0.1) is 15.7 Å². The largest absolute Gasteiger partial charge is 0.339 e. The van der Waals surface area contributed by atoms with Gasteiger partial charge < -0.3 is 16.0 Å². The number of anilines is 1. The molecule has 1 aromatic rings. The Kier molecular flexibility index (Phi) is 8.58. The maximum Gasteiger partial charge on any atom is 0.236 e. The summed E-state index contributed by atoms with van der Waals surface area (Å²) in [5.41, 5.74) is 0.307. The molecule has 12 heteroatoms. The molecule has 0 fully saturated rings. The lowest BCUT2D eigenvalue weighted by Crippen LogP contribution is -2.56. The van der Waals surface area contributed by atoms with E-state index < -0.39 is 15.9 Å². The zero-order chi connectivity index (χ0) is 17.8. The fourth-order valence-corrected chi connectivity index (χ4v) is 2.88. The molecule has 0 heterocycles. The molecule has 0 aliphatic carbocycles. The summed E-state index contributed by atoms with van der Waals surface area (Å²) in [6, 6.07) is 2.95. The molecule has 0 bridgehead atoms. The van der Waals surface area contributed by atoms with Crippen LogP contribution in [0.2, 0.25) is 15.1 Å². The van der Waals surface area contributed by atoms with Gasteiger partial charge in [-0.25, -0.2) is 0 Å². The van der Waals surface area contributed by atoms with Crippen LogP contribution in [0.5, 0.6) is 0 Å². The van der Waals surface area contributed by atoms with Crippen LogP contribution >= 0.6 is 93.4 Å². The first-order valence-corrected chi connectivity index (χ1v) is 8.89. The highest BCUT2D eigenvalue weighted by Gasteiger charge is 2.34. The lowest BCUT2D eigenvalue weighted by atomic mass is 10.3. The summed E-state index contributed by atoms with van der Waals surface area (Å²) in [5, 5.41) is 8.57. The summed E-state index contributed by atoms with van der Waals surface area (Å²) in [6.07, 6.45) is -1.14. The number of nitrogens with one attached hydrogen (secondary N) is 3. The molecule has 0 spiro atoms. The van der Waals surface area contributed by atoms with Gasteiger partial charge in [-0.3, -0.25) is 4.79 Å². The number of carbonyl (C=O) groups excluding carboxylic acids is 1. The molecule has 128 valence electrons. The van der Waals surface area contributed by atoms with E-state index in [4.69, 9.17) is 93.4 Å². The predicted molar refractivity (Wildman–Crippen MR) is 104 cm³/mol. The highest BCUT2D eigenvalue weighted by atomic mass is 35.6. The molecular weight excluding hydrogens is 470 g/mol. The van der Waals surface area contributed by atoms with Gasteiger partial charge >= 0.3 is 0 Å². The van der Waals surface area contributed by atoms with Crippen molar-refractivity contribution < 1.29 is 4.79 Å². The molecule has 1 rings (SSSR count). The van der Waals surface area contributed by atoms with Crippen LogP contribution in [-0.2, 0) is 4.79 Å². The van der Waals surface area contributed by atoms with Gasteiger partial charge in [0.25, 0.3) is 0 Å². The summed E-state index contributed by atoms with van der Waals surface area (Å²) < 4.78 is -1.89. The Morgan fingerprint density at radius 3 is 2.09 bits per heavy atom. The third-order valence-corrected chi connectivity index (χ3v) is 4.21. The van der Waals surface area contributed by atoms with Crippen LogP contribution in [0.4, 0.5) is 5.69 Å². The summed E-state index contributed by atoms with van der Waals surface area (Å²) in [4.78, 5) is 11.4. The quantitative estimate of drug-likeness (QED) is 0.325. The van der Waals surface area contributed by atoms with E-state index in [2.05, 4.69) is 16.0 Å². The fraction of sp³-hybridized carbons (Fsp3) is 0.273. The highest BCUT2D eigenvalue weighted by Crippen LogP contribution is 2.34. The van der Waals surface area contributed by atoms with Crippen molar-refractivity contribution in [1.29, 1.82) is 0 Å². The van der Waals surface area contributed by atoms with Gasteiger partial charge in [0.15, 0.2) is 5.11 Å². The fourth-order valence-electron chi connectivity index (χ4n) is 1.34. The predicted octanol–water partition coefficient (Wildman–Crippen LogP) is 4.98. The third kappa shape index (κ3) is 7.04. The van der Waals surface area contributed by atoms with E-state index in [1.807, 2.05) is 0 Å². The first-order valence-electron chi connectivity index (χ1n) is 5.68. The van der Waals surface area contributed by atoms with Crippen molar-refractivity contribution in [2.24, 2.45) is 0 Å². The SMILES string of the molecule is O=C(CCl)N[C@H](NC(=S)Nc1c(Cl)cc(Cl)cc1Cl)C(Cl)(Cl)Cl. The van der Waals surface area contributed by atoms with Crippen molar-refractivity contribution in [2.75, 3.05) is 11.2 Å². The second kappa shape index (κ2) is 9.20. The van der Waals surface area contributed by atoms with Crippen molar-refractivity contribution in [3.05, 3.63) is 27.2 Å². The molecular formula is C11H8Cl7N3OS. The average molecular weight is 478 g/mol. The van der Waals surface area contributed by atoms with Crippen molar-refractivity contribution in [3.63, 3.8) is 0 Å². The van der Waals surface area contributed by atoms with Gasteiger partial charge in [0, 0.05) is 5.02 Å². The van der Waals surface area contributed by atoms with E-state index in [0.29, 0.717) is 10.7 Å². The third-order valence-electron chi connectivity index (χ3n) is 2.27. The second-order valence-electron chi connectivity index (χ2n) is 4.02. The smallest absolute Gasteiger partial charge is 0.236 e. The van der Waals surface area contributed by atoms with E-state index in [-0.39, 0.29) is 21.0 Å². The minimum absolute atomic E-state index is 0.00215.